The van der Waals surface area contributed by atoms with Gasteiger partial charge < -0.3 is 19.9 Å². The molecule has 1 aliphatic rings. The van der Waals surface area contributed by atoms with E-state index < -0.39 is 65.1 Å². The van der Waals surface area contributed by atoms with Gasteiger partial charge in [0.25, 0.3) is 0 Å². The molecule has 0 fully saturated rings. The highest BCUT2D eigenvalue weighted by atomic mass is 19.4. The smallest absolute Gasteiger partial charge is 0.449 e. The van der Waals surface area contributed by atoms with Crippen LogP contribution in [0.15, 0.2) is 12.1 Å². The Balaban J connectivity index is 1.87. The maximum absolute atomic E-state index is 13.9. The van der Waals surface area contributed by atoms with Crippen LogP contribution in [-0.2, 0) is 22.1 Å². The van der Waals surface area contributed by atoms with Gasteiger partial charge in [0.2, 0.25) is 11.7 Å². The van der Waals surface area contributed by atoms with Crippen LogP contribution in [0.5, 0.6) is 0 Å². The number of imidazole rings is 1. The highest BCUT2D eigenvalue weighted by molar-refractivity contribution is 5.89. The first-order valence-corrected chi connectivity index (χ1v) is 10.2. The quantitative estimate of drug-likeness (QED) is 0.392. The number of carbonyl (C=O) groups is 2. The van der Waals surface area contributed by atoms with Gasteiger partial charge in [0.1, 0.15) is 5.82 Å². The van der Waals surface area contributed by atoms with Crippen LogP contribution in [-0.4, -0.2) is 46.0 Å². The van der Waals surface area contributed by atoms with E-state index in [9.17, 15) is 35.9 Å². The Bertz CT molecular complexity index is 1120. The molecular weight excluding hydrogens is 470 g/mol. The molecule has 0 saturated heterocycles. The molecule has 0 aliphatic carbocycles. The lowest BCUT2D eigenvalue weighted by atomic mass is 10.0. The summed E-state index contributed by atoms with van der Waals surface area (Å²) in [5.74, 6) is -6.59. The van der Waals surface area contributed by atoms with Crippen molar-refractivity contribution >= 4 is 11.9 Å². The number of carbonyl (C=O) groups excluding carboxylic acids is 2. The standard InChI is InChI=1S/C21H22F6N4O3/c1-9-8-30(16(32)6-12(28)4-11-5-14(23)15(24)7-13(11)22)10(2)18-17(19(33)34-3)29-20(31(9)18)21(25,26)27/h5,7,9-10,12H,4,6,8,28H2,1-3H3/t9?,10?,12-/m1/s1. The van der Waals surface area contributed by atoms with Crippen molar-refractivity contribution in [3.05, 3.63) is 52.4 Å². The molecule has 1 aromatic heterocycles. The Morgan fingerprint density at radius 1 is 1.18 bits per heavy atom. The van der Waals surface area contributed by atoms with Gasteiger partial charge in [-0.1, -0.05) is 0 Å². The lowest BCUT2D eigenvalue weighted by Crippen LogP contribution is -2.45. The van der Waals surface area contributed by atoms with Crippen molar-refractivity contribution < 1.29 is 40.7 Å². The third-order valence-electron chi connectivity index (χ3n) is 5.67. The van der Waals surface area contributed by atoms with E-state index >= 15 is 0 Å². The first kappa shape index (κ1) is 25.5. The zero-order valence-corrected chi connectivity index (χ0v) is 18.4. The fourth-order valence-corrected chi connectivity index (χ4v) is 4.14. The molecule has 2 unspecified atom stereocenters. The summed E-state index contributed by atoms with van der Waals surface area (Å²) >= 11 is 0. The van der Waals surface area contributed by atoms with E-state index in [-0.39, 0.29) is 30.6 Å². The molecule has 34 heavy (non-hydrogen) atoms. The van der Waals surface area contributed by atoms with E-state index in [4.69, 9.17) is 5.73 Å². The monoisotopic (exact) mass is 492 g/mol. The van der Waals surface area contributed by atoms with Gasteiger partial charge in [0.05, 0.1) is 24.9 Å². The molecule has 3 rings (SSSR count). The second kappa shape index (κ2) is 9.28. The summed E-state index contributed by atoms with van der Waals surface area (Å²) in [6.07, 6.45) is -5.49. The summed E-state index contributed by atoms with van der Waals surface area (Å²) in [5.41, 5.74) is 5.02. The SMILES string of the molecule is COC(=O)c1nc(C(F)(F)F)n2c1C(C)N(C(=O)C[C@H](N)Cc1cc(F)c(F)cc1F)CC2C. The molecule has 3 atom stereocenters. The highest BCUT2D eigenvalue weighted by Gasteiger charge is 2.46. The van der Waals surface area contributed by atoms with E-state index in [0.717, 1.165) is 11.7 Å². The number of methoxy groups -OCH3 is 1. The average molecular weight is 492 g/mol. The largest absolute Gasteiger partial charge is 0.464 e. The van der Waals surface area contributed by atoms with Crippen molar-refractivity contribution in [3.8, 4) is 0 Å². The molecule has 2 heterocycles. The summed E-state index contributed by atoms with van der Waals surface area (Å²) in [4.78, 5) is 29.8. The van der Waals surface area contributed by atoms with Gasteiger partial charge in [-0.2, -0.15) is 13.2 Å². The van der Waals surface area contributed by atoms with Gasteiger partial charge >= 0.3 is 12.1 Å². The molecule has 1 amide bonds. The van der Waals surface area contributed by atoms with Gasteiger partial charge in [-0.25, -0.2) is 22.9 Å². The average Bonchev–Trinajstić information content (AvgIpc) is 3.16. The Kier molecular flexibility index (Phi) is 6.97. The van der Waals surface area contributed by atoms with Crippen molar-refractivity contribution in [2.75, 3.05) is 13.7 Å². The highest BCUT2D eigenvalue weighted by Crippen LogP contribution is 2.40. The number of hydrogen-bond acceptors (Lipinski definition) is 5. The van der Waals surface area contributed by atoms with Crippen LogP contribution in [0, 0.1) is 17.5 Å². The van der Waals surface area contributed by atoms with Gasteiger partial charge in [0, 0.05) is 25.1 Å². The molecule has 7 nitrogen and oxygen atoms in total. The minimum absolute atomic E-state index is 0.133. The zero-order valence-electron chi connectivity index (χ0n) is 18.4. The summed E-state index contributed by atoms with van der Waals surface area (Å²) in [7, 11) is 0.998. The second-order valence-electron chi connectivity index (χ2n) is 8.13. The van der Waals surface area contributed by atoms with Crippen LogP contribution < -0.4 is 5.73 Å². The molecule has 0 radical (unpaired) electrons. The number of rotatable bonds is 5. The van der Waals surface area contributed by atoms with Crippen molar-refractivity contribution in [2.45, 2.75) is 51.0 Å². The number of amides is 1. The normalized spacial score (nSPS) is 19.1. The van der Waals surface area contributed by atoms with E-state index in [1.54, 1.807) is 0 Å². The van der Waals surface area contributed by atoms with E-state index in [1.807, 2.05) is 0 Å². The zero-order chi connectivity index (χ0) is 25.5. The number of aromatic nitrogens is 2. The molecule has 1 aliphatic heterocycles. The van der Waals surface area contributed by atoms with Crippen LogP contribution in [0.4, 0.5) is 26.3 Å². The number of alkyl halides is 3. The lowest BCUT2D eigenvalue weighted by Gasteiger charge is -2.39. The van der Waals surface area contributed by atoms with Gasteiger partial charge in [-0.15, -0.1) is 0 Å². The third-order valence-corrected chi connectivity index (χ3v) is 5.67. The van der Waals surface area contributed by atoms with Crippen LogP contribution in [0.25, 0.3) is 0 Å². The number of nitrogens with two attached hydrogens (primary N) is 1. The summed E-state index contributed by atoms with van der Waals surface area (Å²) in [6, 6.07) is -1.85. The molecule has 2 aromatic rings. The van der Waals surface area contributed by atoms with Crippen LogP contribution in [0.2, 0.25) is 0 Å². The van der Waals surface area contributed by atoms with E-state index in [0.29, 0.717) is 12.1 Å². The second-order valence-corrected chi connectivity index (χ2v) is 8.13. The molecular formula is C21H22F6N4O3. The van der Waals surface area contributed by atoms with Crippen molar-refractivity contribution in [1.29, 1.82) is 0 Å². The fourth-order valence-electron chi connectivity index (χ4n) is 4.14. The Labute approximate surface area is 190 Å². The Morgan fingerprint density at radius 3 is 2.38 bits per heavy atom. The lowest BCUT2D eigenvalue weighted by molar-refractivity contribution is -0.149. The molecule has 1 aromatic carbocycles. The maximum atomic E-state index is 13.9. The molecule has 0 bridgehead atoms. The van der Waals surface area contributed by atoms with E-state index in [2.05, 4.69) is 9.72 Å². The number of esters is 1. The number of benzene rings is 1. The number of ether oxygens (including phenoxy) is 1. The molecule has 0 saturated carbocycles. The van der Waals surface area contributed by atoms with Crippen molar-refractivity contribution in [1.82, 2.24) is 14.5 Å². The predicted octanol–water partition coefficient (Wildman–Crippen LogP) is 3.53. The summed E-state index contributed by atoms with van der Waals surface area (Å²) < 4.78 is 86.6. The number of halogens is 6. The van der Waals surface area contributed by atoms with Gasteiger partial charge in [0.15, 0.2) is 17.3 Å². The third kappa shape index (κ3) is 4.74. The first-order valence-electron chi connectivity index (χ1n) is 10.2. The molecule has 2 N–H and O–H groups in total. The van der Waals surface area contributed by atoms with Crippen LogP contribution in [0.3, 0.4) is 0 Å². The molecule has 186 valence electrons. The van der Waals surface area contributed by atoms with Gasteiger partial charge in [-0.05, 0) is 31.9 Å². The summed E-state index contributed by atoms with van der Waals surface area (Å²) in [5, 5.41) is 0. The van der Waals surface area contributed by atoms with Crippen LogP contribution >= 0.6 is 0 Å². The van der Waals surface area contributed by atoms with E-state index in [1.165, 1.54) is 18.7 Å². The van der Waals surface area contributed by atoms with Gasteiger partial charge in [-0.3, -0.25) is 4.79 Å². The topological polar surface area (TPSA) is 90.5 Å². The molecule has 13 heteroatoms. The van der Waals surface area contributed by atoms with Crippen molar-refractivity contribution in [2.24, 2.45) is 5.73 Å². The minimum atomic E-state index is -4.85. The van der Waals surface area contributed by atoms with Crippen molar-refractivity contribution in [3.63, 3.8) is 0 Å². The first-order chi connectivity index (χ1) is 15.8. The predicted molar refractivity (Wildman–Crippen MR) is 106 cm³/mol. The Morgan fingerprint density at radius 2 is 1.79 bits per heavy atom. The minimum Gasteiger partial charge on any atom is -0.464 e. The Hall–Kier alpha value is -3.09. The number of hydrogen-bond donors (Lipinski definition) is 1. The fraction of sp³-hybridized carbons (Fsp3) is 0.476. The number of nitrogens with zero attached hydrogens (tertiary/aromatic N) is 3. The molecule has 0 spiro atoms. The summed E-state index contributed by atoms with van der Waals surface area (Å²) in [6.45, 7) is 2.73. The number of fused-ring (bicyclic) bond motifs is 1. The van der Waals surface area contributed by atoms with Crippen LogP contribution in [0.1, 0.15) is 59.9 Å². The maximum Gasteiger partial charge on any atom is 0.449 e.